The van der Waals surface area contributed by atoms with E-state index < -0.39 is 0 Å². The highest BCUT2D eigenvalue weighted by Crippen LogP contribution is 2.58. The molecule has 2 saturated carbocycles. The van der Waals surface area contributed by atoms with Crippen LogP contribution in [-0.4, -0.2) is 0 Å². The van der Waals surface area contributed by atoms with E-state index in [1.807, 2.05) is 0 Å². The summed E-state index contributed by atoms with van der Waals surface area (Å²) >= 11 is 0. The Labute approximate surface area is 115 Å². The van der Waals surface area contributed by atoms with Crippen LogP contribution in [0.2, 0.25) is 0 Å². The summed E-state index contributed by atoms with van der Waals surface area (Å²) in [6.45, 7) is 15.1. The van der Waals surface area contributed by atoms with Crippen LogP contribution in [0.4, 0.5) is 0 Å². The van der Waals surface area contributed by atoms with E-state index in [9.17, 15) is 0 Å². The summed E-state index contributed by atoms with van der Waals surface area (Å²) < 4.78 is 0. The van der Waals surface area contributed by atoms with Crippen LogP contribution in [0.25, 0.3) is 0 Å². The third kappa shape index (κ3) is 3.11. The fraction of sp³-hybridized carbons (Fsp3) is 1.00. The minimum atomic E-state index is 0.515. The maximum absolute atomic E-state index is 2.58. The molecule has 0 heteroatoms. The number of hydrogen-bond donors (Lipinski definition) is 0. The summed E-state index contributed by atoms with van der Waals surface area (Å²) in [7, 11) is 0. The Morgan fingerprint density at radius 1 is 1.06 bits per heavy atom. The van der Waals surface area contributed by atoms with Crippen molar-refractivity contribution in [3.63, 3.8) is 0 Å². The van der Waals surface area contributed by atoms with Crippen LogP contribution in [0.1, 0.15) is 86.5 Å². The molecule has 0 aromatic carbocycles. The molecular weight excluding hydrogens is 216 g/mol. The zero-order chi connectivity index (χ0) is 13.6. The van der Waals surface area contributed by atoms with Crippen LogP contribution in [0.5, 0.6) is 0 Å². The maximum Gasteiger partial charge on any atom is -0.0267 e. The zero-order valence-electron chi connectivity index (χ0n) is 13.6. The minimum absolute atomic E-state index is 0.515. The first-order valence-corrected chi connectivity index (χ1v) is 8.14. The van der Waals surface area contributed by atoms with E-state index >= 15 is 0 Å². The first-order chi connectivity index (χ1) is 8.14. The molecule has 0 spiro atoms. The lowest BCUT2D eigenvalue weighted by Crippen LogP contribution is -2.44. The van der Waals surface area contributed by atoms with Crippen LogP contribution in [0, 0.1) is 28.1 Å². The summed E-state index contributed by atoms with van der Waals surface area (Å²) in [5.74, 6) is 1.99. The second kappa shape index (κ2) is 4.53. The van der Waals surface area contributed by atoms with E-state index in [0.717, 1.165) is 11.8 Å². The summed E-state index contributed by atoms with van der Waals surface area (Å²) in [5.41, 5.74) is 1.61. The molecule has 2 aliphatic rings. The second-order valence-corrected chi connectivity index (χ2v) is 9.28. The Morgan fingerprint density at radius 3 is 2.17 bits per heavy atom. The summed E-state index contributed by atoms with van der Waals surface area (Å²) in [4.78, 5) is 0. The topological polar surface area (TPSA) is 0 Å². The predicted molar refractivity (Wildman–Crippen MR) is 80.6 cm³/mol. The Hall–Kier alpha value is 0. The van der Waals surface area contributed by atoms with Gasteiger partial charge in [0.2, 0.25) is 0 Å². The molecule has 106 valence electrons. The molecule has 2 unspecified atom stereocenters. The third-order valence-corrected chi connectivity index (χ3v) is 6.08. The van der Waals surface area contributed by atoms with E-state index in [0.29, 0.717) is 16.2 Å². The average molecular weight is 250 g/mol. The van der Waals surface area contributed by atoms with E-state index in [2.05, 4.69) is 41.5 Å². The quantitative estimate of drug-likeness (QED) is 0.569. The lowest BCUT2D eigenvalue weighted by Gasteiger charge is -2.54. The molecule has 18 heavy (non-hydrogen) atoms. The molecule has 2 atom stereocenters. The largest absolute Gasteiger partial charge is 0.0625 e. The smallest absolute Gasteiger partial charge is 0.0267 e. The normalized spacial score (nSPS) is 36.7. The van der Waals surface area contributed by atoms with Gasteiger partial charge in [0.25, 0.3) is 0 Å². The molecule has 0 aromatic heterocycles. The SMILES string of the molecule is CC1CC(C)(C)CC(C)(C(C)(C)CCC2CC2)C1. The summed E-state index contributed by atoms with van der Waals surface area (Å²) in [6, 6.07) is 0. The van der Waals surface area contributed by atoms with Crippen molar-refractivity contribution in [2.45, 2.75) is 86.5 Å². The van der Waals surface area contributed by atoms with Gasteiger partial charge in [-0.15, -0.1) is 0 Å². The molecule has 0 aliphatic heterocycles. The molecule has 2 aliphatic carbocycles. The molecule has 0 radical (unpaired) electrons. The molecule has 0 nitrogen and oxygen atoms in total. The Balaban J connectivity index is 2.06. The lowest BCUT2D eigenvalue weighted by molar-refractivity contribution is -0.0379. The van der Waals surface area contributed by atoms with Crippen molar-refractivity contribution < 1.29 is 0 Å². The first kappa shape index (κ1) is 14.4. The van der Waals surface area contributed by atoms with Gasteiger partial charge in [0.1, 0.15) is 0 Å². The highest BCUT2D eigenvalue weighted by Gasteiger charge is 2.48. The molecule has 2 fully saturated rings. The highest BCUT2D eigenvalue weighted by atomic mass is 14.5. The van der Waals surface area contributed by atoms with Gasteiger partial charge < -0.3 is 0 Å². The Kier molecular flexibility index (Phi) is 3.63. The fourth-order valence-corrected chi connectivity index (χ4v) is 4.77. The van der Waals surface area contributed by atoms with E-state index in [1.165, 1.54) is 44.9 Å². The van der Waals surface area contributed by atoms with Crippen LogP contribution in [-0.2, 0) is 0 Å². The molecule has 2 rings (SSSR count). The predicted octanol–water partition coefficient (Wildman–Crippen LogP) is 6.06. The number of rotatable bonds is 4. The average Bonchev–Trinajstić information content (AvgIpc) is 2.93. The molecule has 0 heterocycles. The van der Waals surface area contributed by atoms with Crippen LogP contribution < -0.4 is 0 Å². The molecule has 0 bridgehead atoms. The molecule has 0 aromatic rings. The van der Waals surface area contributed by atoms with Gasteiger partial charge in [-0.25, -0.2) is 0 Å². The van der Waals surface area contributed by atoms with Crippen LogP contribution in [0.15, 0.2) is 0 Å². The molecule has 0 saturated heterocycles. The van der Waals surface area contributed by atoms with E-state index in [-0.39, 0.29) is 0 Å². The van der Waals surface area contributed by atoms with Crippen molar-refractivity contribution >= 4 is 0 Å². The highest BCUT2D eigenvalue weighted by molar-refractivity contribution is 4.98. The van der Waals surface area contributed by atoms with E-state index in [4.69, 9.17) is 0 Å². The Morgan fingerprint density at radius 2 is 1.67 bits per heavy atom. The van der Waals surface area contributed by atoms with Gasteiger partial charge in [0.05, 0.1) is 0 Å². The minimum Gasteiger partial charge on any atom is -0.0625 e. The standard InChI is InChI=1S/C18H34/c1-14-11-16(2,3)13-18(6,12-14)17(4,5)10-9-15-7-8-15/h14-15H,7-13H2,1-6H3. The van der Waals surface area contributed by atoms with Crippen molar-refractivity contribution in [1.82, 2.24) is 0 Å². The molecule has 0 N–H and O–H groups in total. The van der Waals surface area contributed by atoms with Crippen LogP contribution in [0.3, 0.4) is 0 Å². The summed E-state index contributed by atoms with van der Waals surface area (Å²) in [6.07, 6.45) is 10.2. The van der Waals surface area contributed by atoms with Crippen molar-refractivity contribution in [1.29, 1.82) is 0 Å². The molecule has 0 amide bonds. The zero-order valence-corrected chi connectivity index (χ0v) is 13.6. The van der Waals surface area contributed by atoms with E-state index in [1.54, 1.807) is 0 Å². The van der Waals surface area contributed by atoms with Crippen molar-refractivity contribution in [3.05, 3.63) is 0 Å². The maximum atomic E-state index is 2.58. The molecular formula is C18H34. The van der Waals surface area contributed by atoms with Gasteiger partial charge in [-0.3, -0.25) is 0 Å². The van der Waals surface area contributed by atoms with Gasteiger partial charge in [-0.2, -0.15) is 0 Å². The third-order valence-electron chi connectivity index (χ3n) is 6.08. The van der Waals surface area contributed by atoms with Gasteiger partial charge in [-0.1, -0.05) is 54.4 Å². The van der Waals surface area contributed by atoms with Gasteiger partial charge >= 0.3 is 0 Å². The Bertz CT molecular complexity index is 295. The summed E-state index contributed by atoms with van der Waals surface area (Å²) in [5, 5.41) is 0. The lowest BCUT2D eigenvalue weighted by atomic mass is 9.51. The monoisotopic (exact) mass is 250 g/mol. The first-order valence-electron chi connectivity index (χ1n) is 8.14. The second-order valence-electron chi connectivity index (χ2n) is 9.28. The van der Waals surface area contributed by atoms with Gasteiger partial charge in [0.15, 0.2) is 0 Å². The van der Waals surface area contributed by atoms with Gasteiger partial charge in [0, 0.05) is 0 Å². The van der Waals surface area contributed by atoms with Crippen molar-refractivity contribution in [2.24, 2.45) is 28.1 Å². The van der Waals surface area contributed by atoms with Crippen molar-refractivity contribution in [3.8, 4) is 0 Å². The van der Waals surface area contributed by atoms with Crippen LogP contribution >= 0.6 is 0 Å². The fourth-order valence-electron chi connectivity index (χ4n) is 4.77. The number of hydrogen-bond acceptors (Lipinski definition) is 0. The van der Waals surface area contributed by atoms with Crippen molar-refractivity contribution in [2.75, 3.05) is 0 Å². The van der Waals surface area contributed by atoms with Gasteiger partial charge in [-0.05, 0) is 60.2 Å².